The molecule has 24 heavy (non-hydrogen) atoms. The van der Waals surface area contributed by atoms with E-state index < -0.39 is 8.24 Å². The third kappa shape index (κ3) is 2.56. The second-order valence-corrected chi connectivity index (χ2v) is 10.0. The van der Waals surface area contributed by atoms with Crippen LogP contribution in [0.2, 0.25) is 0 Å². The highest BCUT2D eigenvalue weighted by Crippen LogP contribution is 2.23. The van der Waals surface area contributed by atoms with Gasteiger partial charge in [-0.15, -0.1) is 0 Å². The molecule has 0 atom stereocenters. The fourth-order valence-electron chi connectivity index (χ4n) is 3.81. The van der Waals surface area contributed by atoms with E-state index in [1.54, 1.807) is 0 Å². The standard InChI is InChI=1S/C21H22N2Si/c1-4-10-19(11-5-1)23-17-16-22-18-24(23,20-12-6-2-7-13-20)21-14-8-3-9-15-21/h1-15,22H,16-18H2. The van der Waals surface area contributed by atoms with Crippen LogP contribution in [0.25, 0.3) is 0 Å². The smallest absolute Gasteiger partial charge is 0.234 e. The minimum Gasteiger partial charge on any atom is -0.388 e. The van der Waals surface area contributed by atoms with Crippen molar-refractivity contribution < 1.29 is 0 Å². The van der Waals surface area contributed by atoms with Crippen molar-refractivity contribution in [2.75, 3.05) is 23.8 Å². The Morgan fingerprint density at radius 1 is 0.667 bits per heavy atom. The molecule has 4 rings (SSSR count). The molecule has 2 nitrogen and oxygen atoms in total. The van der Waals surface area contributed by atoms with Crippen LogP contribution in [0, 0.1) is 0 Å². The van der Waals surface area contributed by atoms with Crippen LogP contribution in [0.15, 0.2) is 91.0 Å². The van der Waals surface area contributed by atoms with Gasteiger partial charge in [-0.1, -0.05) is 78.9 Å². The first-order valence-corrected chi connectivity index (χ1v) is 10.7. The predicted octanol–water partition coefficient (Wildman–Crippen LogP) is 2.40. The van der Waals surface area contributed by atoms with Crippen LogP contribution in [0.5, 0.6) is 0 Å². The van der Waals surface area contributed by atoms with Gasteiger partial charge < -0.3 is 9.88 Å². The Bertz CT molecular complexity index is 735. The van der Waals surface area contributed by atoms with E-state index in [9.17, 15) is 0 Å². The topological polar surface area (TPSA) is 15.3 Å². The zero-order valence-electron chi connectivity index (χ0n) is 13.7. The Balaban J connectivity index is 1.94. The molecule has 120 valence electrons. The van der Waals surface area contributed by atoms with Crippen molar-refractivity contribution in [1.82, 2.24) is 5.32 Å². The van der Waals surface area contributed by atoms with Crippen LogP contribution in [0.4, 0.5) is 5.69 Å². The summed E-state index contributed by atoms with van der Waals surface area (Å²) in [4.78, 5) is 0. The fourth-order valence-corrected chi connectivity index (χ4v) is 8.48. The van der Waals surface area contributed by atoms with E-state index in [2.05, 4.69) is 101 Å². The van der Waals surface area contributed by atoms with E-state index in [1.165, 1.54) is 16.1 Å². The van der Waals surface area contributed by atoms with Gasteiger partial charge in [0.15, 0.2) is 0 Å². The van der Waals surface area contributed by atoms with Gasteiger partial charge in [-0.05, 0) is 22.5 Å². The highest BCUT2D eigenvalue weighted by molar-refractivity contribution is 7.05. The van der Waals surface area contributed by atoms with Gasteiger partial charge in [-0.2, -0.15) is 0 Å². The van der Waals surface area contributed by atoms with E-state index in [-0.39, 0.29) is 0 Å². The zero-order chi connectivity index (χ0) is 16.2. The average Bonchev–Trinajstić information content (AvgIpc) is 2.70. The van der Waals surface area contributed by atoms with Crippen molar-refractivity contribution in [3.8, 4) is 0 Å². The molecule has 0 aromatic heterocycles. The molecule has 0 saturated carbocycles. The Hall–Kier alpha value is -2.36. The number of nitrogens with one attached hydrogen (secondary N) is 1. The van der Waals surface area contributed by atoms with Gasteiger partial charge in [0.1, 0.15) is 0 Å². The minimum atomic E-state index is -2.08. The molecule has 1 saturated heterocycles. The number of hydrogen-bond acceptors (Lipinski definition) is 2. The first-order valence-electron chi connectivity index (χ1n) is 8.56. The van der Waals surface area contributed by atoms with Crippen molar-refractivity contribution in [3.63, 3.8) is 0 Å². The molecular formula is C21H22N2Si. The van der Waals surface area contributed by atoms with Crippen LogP contribution < -0.4 is 20.3 Å². The second-order valence-electron chi connectivity index (χ2n) is 6.26. The lowest BCUT2D eigenvalue weighted by Gasteiger charge is -2.48. The summed E-state index contributed by atoms with van der Waals surface area (Å²) < 4.78 is 2.69. The first kappa shape index (κ1) is 15.2. The normalized spacial score (nSPS) is 16.8. The highest BCUT2D eigenvalue weighted by Gasteiger charge is 2.45. The van der Waals surface area contributed by atoms with Crippen molar-refractivity contribution >= 4 is 24.3 Å². The lowest BCUT2D eigenvalue weighted by molar-refractivity contribution is 0.723. The average molecular weight is 331 g/mol. The van der Waals surface area contributed by atoms with Crippen molar-refractivity contribution in [1.29, 1.82) is 0 Å². The largest absolute Gasteiger partial charge is 0.388 e. The van der Waals surface area contributed by atoms with E-state index in [4.69, 9.17) is 0 Å². The maximum atomic E-state index is 3.69. The summed E-state index contributed by atoms with van der Waals surface area (Å²) in [5.74, 6) is 0. The summed E-state index contributed by atoms with van der Waals surface area (Å²) >= 11 is 0. The van der Waals surface area contributed by atoms with E-state index >= 15 is 0 Å². The maximum Gasteiger partial charge on any atom is 0.234 e. The lowest BCUT2D eigenvalue weighted by atomic mass is 10.3. The van der Waals surface area contributed by atoms with Gasteiger partial charge in [0, 0.05) is 24.9 Å². The zero-order valence-corrected chi connectivity index (χ0v) is 14.7. The monoisotopic (exact) mass is 330 g/mol. The molecule has 1 aliphatic rings. The molecule has 1 fully saturated rings. The first-order chi connectivity index (χ1) is 11.9. The van der Waals surface area contributed by atoms with Crippen LogP contribution in [-0.4, -0.2) is 27.5 Å². The molecule has 0 aliphatic carbocycles. The number of para-hydroxylation sites is 1. The summed E-state index contributed by atoms with van der Waals surface area (Å²) in [5, 5.41) is 6.62. The third-order valence-corrected chi connectivity index (χ3v) is 9.67. The number of hydrogen-bond donors (Lipinski definition) is 1. The molecule has 3 aromatic rings. The Morgan fingerprint density at radius 3 is 1.71 bits per heavy atom. The fraction of sp³-hybridized carbons (Fsp3) is 0.143. The summed E-state index contributed by atoms with van der Waals surface area (Å²) in [5.41, 5.74) is 1.33. The van der Waals surface area contributed by atoms with Gasteiger partial charge in [0.05, 0.1) is 0 Å². The van der Waals surface area contributed by atoms with Gasteiger partial charge in [-0.3, -0.25) is 0 Å². The van der Waals surface area contributed by atoms with E-state index in [0.717, 1.165) is 19.3 Å². The molecular weight excluding hydrogens is 308 g/mol. The number of rotatable bonds is 3. The predicted molar refractivity (Wildman–Crippen MR) is 105 cm³/mol. The SMILES string of the molecule is c1ccc(N2CCNC[Si]2(c2ccccc2)c2ccccc2)cc1. The Morgan fingerprint density at radius 2 is 1.17 bits per heavy atom. The van der Waals surface area contributed by atoms with Gasteiger partial charge in [-0.25, -0.2) is 0 Å². The van der Waals surface area contributed by atoms with Crippen LogP contribution in [0.1, 0.15) is 0 Å². The second kappa shape index (κ2) is 6.63. The molecule has 0 radical (unpaired) electrons. The van der Waals surface area contributed by atoms with E-state index in [1.807, 2.05) is 0 Å². The van der Waals surface area contributed by atoms with Crippen molar-refractivity contribution in [2.45, 2.75) is 0 Å². The van der Waals surface area contributed by atoms with Crippen molar-refractivity contribution in [3.05, 3.63) is 91.0 Å². The Labute approximate surface area is 144 Å². The summed E-state index contributed by atoms with van der Waals surface area (Å²) in [7, 11) is -2.08. The van der Waals surface area contributed by atoms with Gasteiger partial charge in [0.2, 0.25) is 8.24 Å². The molecule has 0 amide bonds. The van der Waals surface area contributed by atoms with Crippen LogP contribution in [0.3, 0.4) is 0 Å². The molecule has 1 heterocycles. The number of benzene rings is 3. The van der Waals surface area contributed by atoms with Crippen molar-refractivity contribution in [2.24, 2.45) is 0 Å². The molecule has 3 heteroatoms. The maximum absolute atomic E-state index is 3.69. The summed E-state index contributed by atoms with van der Waals surface area (Å²) in [6, 6.07) is 33.0. The van der Waals surface area contributed by atoms with Crippen LogP contribution in [-0.2, 0) is 0 Å². The highest BCUT2D eigenvalue weighted by atomic mass is 28.3. The quantitative estimate of drug-likeness (QED) is 0.742. The molecule has 0 bridgehead atoms. The summed E-state index contributed by atoms with van der Waals surface area (Å²) in [6.07, 6.45) is 1.04. The number of nitrogens with zero attached hydrogens (tertiary/aromatic N) is 1. The minimum absolute atomic E-state index is 1.03. The molecule has 0 unspecified atom stereocenters. The lowest BCUT2D eigenvalue weighted by Crippen LogP contribution is -2.78. The van der Waals surface area contributed by atoms with Gasteiger partial charge in [0.25, 0.3) is 0 Å². The molecule has 1 N–H and O–H groups in total. The summed E-state index contributed by atoms with van der Waals surface area (Å²) in [6.45, 7) is 2.07. The molecule has 1 aliphatic heterocycles. The van der Waals surface area contributed by atoms with Gasteiger partial charge >= 0.3 is 0 Å². The molecule has 3 aromatic carbocycles. The van der Waals surface area contributed by atoms with Crippen LogP contribution >= 0.6 is 0 Å². The number of anilines is 1. The third-order valence-electron chi connectivity index (χ3n) is 4.92. The van der Waals surface area contributed by atoms with E-state index in [0.29, 0.717) is 0 Å². The Kier molecular flexibility index (Phi) is 4.20. The molecule has 0 spiro atoms.